The van der Waals surface area contributed by atoms with E-state index in [4.69, 9.17) is 21.1 Å². The number of ether oxygens (including phenoxy) is 2. The lowest BCUT2D eigenvalue weighted by Crippen LogP contribution is -2.31. The number of benzene rings is 1. The fraction of sp³-hybridized carbons (Fsp3) is 0.452. The number of carbonyl (C=O) groups is 3. The third-order valence-corrected chi connectivity index (χ3v) is 6.36. The van der Waals surface area contributed by atoms with Gasteiger partial charge in [0.2, 0.25) is 0 Å². The van der Waals surface area contributed by atoms with Crippen molar-refractivity contribution in [2.45, 2.75) is 74.3 Å². The summed E-state index contributed by atoms with van der Waals surface area (Å²) < 4.78 is 13.2. The maximum absolute atomic E-state index is 14.1. The molecule has 1 aromatic carbocycles. The van der Waals surface area contributed by atoms with Crippen LogP contribution in [0.5, 0.6) is 5.75 Å². The third-order valence-electron chi connectivity index (χ3n) is 6.11. The normalized spacial score (nSPS) is 12.5. The number of aromatic nitrogens is 1. The molecule has 2 aromatic heterocycles. The molecule has 7 heteroatoms. The molecule has 0 saturated carbocycles. The van der Waals surface area contributed by atoms with Crippen molar-refractivity contribution in [3.63, 3.8) is 0 Å². The molecule has 0 unspecified atom stereocenters. The Morgan fingerprint density at radius 1 is 0.895 bits per heavy atom. The first-order valence-corrected chi connectivity index (χ1v) is 13.2. The molecule has 0 amide bonds. The molecule has 0 bridgehead atoms. The van der Waals surface area contributed by atoms with Gasteiger partial charge in [-0.2, -0.15) is 0 Å². The first-order valence-electron chi connectivity index (χ1n) is 12.8. The SMILES string of the molecule is CCOC(=O)C(C)(C)Cc1c(C(=O)c2ccc(Cl)cc2)c2ccc(OC(C)(C)C)cn2c1C(=O)C(C)(C)C. The summed E-state index contributed by atoms with van der Waals surface area (Å²) in [7, 11) is 0. The topological polar surface area (TPSA) is 74.1 Å². The Morgan fingerprint density at radius 2 is 1.50 bits per heavy atom. The number of fused-ring (bicyclic) bond motifs is 1. The summed E-state index contributed by atoms with van der Waals surface area (Å²) in [5.74, 6) is -0.243. The summed E-state index contributed by atoms with van der Waals surface area (Å²) in [6.07, 6.45) is 1.88. The van der Waals surface area contributed by atoms with E-state index in [0.717, 1.165) is 0 Å². The van der Waals surface area contributed by atoms with E-state index in [-0.39, 0.29) is 24.6 Å². The quantitative estimate of drug-likeness (QED) is 0.221. The van der Waals surface area contributed by atoms with Gasteiger partial charge in [0.15, 0.2) is 11.6 Å². The summed E-state index contributed by atoms with van der Waals surface area (Å²) in [5.41, 5.74) is 0.0325. The van der Waals surface area contributed by atoms with Crippen molar-refractivity contribution >= 4 is 34.7 Å². The largest absolute Gasteiger partial charge is 0.487 e. The average molecular weight is 540 g/mol. The minimum atomic E-state index is -0.992. The van der Waals surface area contributed by atoms with E-state index in [1.807, 2.05) is 41.5 Å². The number of nitrogens with zero attached hydrogens (tertiary/aromatic N) is 1. The van der Waals surface area contributed by atoms with E-state index in [2.05, 4.69) is 0 Å². The highest BCUT2D eigenvalue weighted by molar-refractivity contribution is 6.30. The molecule has 2 heterocycles. The molecular formula is C31H38ClNO5. The van der Waals surface area contributed by atoms with Crippen molar-refractivity contribution in [1.29, 1.82) is 0 Å². The number of rotatable bonds is 8. The van der Waals surface area contributed by atoms with E-state index in [1.54, 1.807) is 67.8 Å². The van der Waals surface area contributed by atoms with Gasteiger partial charge in [0.25, 0.3) is 0 Å². The lowest BCUT2D eigenvalue weighted by molar-refractivity contribution is -0.153. The molecule has 0 atom stereocenters. The monoisotopic (exact) mass is 539 g/mol. The van der Waals surface area contributed by atoms with Crippen LogP contribution in [0.15, 0.2) is 42.6 Å². The molecule has 0 spiro atoms. The summed E-state index contributed by atoms with van der Waals surface area (Å²) in [6, 6.07) is 10.2. The van der Waals surface area contributed by atoms with Crippen molar-refractivity contribution in [2.24, 2.45) is 10.8 Å². The van der Waals surface area contributed by atoms with E-state index in [0.29, 0.717) is 38.7 Å². The van der Waals surface area contributed by atoms with Crippen molar-refractivity contribution in [1.82, 2.24) is 4.40 Å². The number of pyridine rings is 1. The Labute approximate surface area is 230 Å². The molecule has 0 radical (unpaired) electrons. The van der Waals surface area contributed by atoms with Crippen LogP contribution in [0.25, 0.3) is 5.52 Å². The van der Waals surface area contributed by atoms with E-state index < -0.39 is 22.4 Å². The van der Waals surface area contributed by atoms with Gasteiger partial charge in [-0.25, -0.2) is 0 Å². The molecule has 38 heavy (non-hydrogen) atoms. The van der Waals surface area contributed by atoms with Gasteiger partial charge in [-0.05, 0) is 89.9 Å². The van der Waals surface area contributed by atoms with Crippen LogP contribution in [-0.2, 0) is 16.0 Å². The van der Waals surface area contributed by atoms with E-state index in [1.165, 1.54) is 0 Å². The lowest BCUT2D eigenvalue weighted by Gasteiger charge is -2.25. The molecule has 0 N–H and O–H groups in total. The average Bonchev–Trinajstić information content (AvgIpc) is 3.09. The predicted octanol–water partition coefficient (Wildman–Crippen LogP) is 7.36. The zero-order chi connectivity index (χ0) is 28.6. The number of carbonyl (C=O) groups excluding carboxylic acids is 3. The highest BCUT2D eigenvalue weighted by atomic mass is 35.5. The van der Waals surface area contributed by atoms with Gasteiger partial charge in [-0.1, -0.05) is 32.4 Å². The summed E-state index contributed by atoms with van der Waals surface area (Å²) >= 11 is 6.08. The summed E-state index contributed by atoms with van der Waals surface area (Å²) in [6.45, 7) is 16.9. The molecule has 0 aliphatic heterocycles. The molecular weight excluding hydrogens is 502 g/mol. The summed E-state index contributed by atoms with van der Waals surface area (Å²) in [5, 5.41) is 0.513. The van der Waals surface area contributed by atoms with Crippen LogP contribution in [0.1, 0.15) is 94.3 Å². The maximum Gasteiger partial charge on any atom is 0.311 e. The van der Waals surface area contributed by atoms with E-state index >= 15 is 0 Å². The predicted molar refractivity (Wildman–Crippen MR) is 151 cm³/mol. The van der Waals surface area contributed by atoms with E-state index in [9.17, 15) is 14.4 Å². The fourth-order valence-electron chi connectivity index (χ4n) is 4.32. The minimum absolute atomic E-state index is 0.134. The van der Waals surface area contributed by atoms with Gasteiger partial charge in [0.05, 0.1) is 35.0 Å². The maximum atomic E-state index is 14.1. The standard InChI is InChI=1S/C31H38ClNO5/c1-10-37-28(36)31(8,9)17-22-24(26(34)19-11-13-20(32)14-12-19)23-16-15-21(38-30(5,6)7)18-33(23)25(22)27(35)29(2,3)4/h11-16,18H,10,17H2,1-9H3. The number of esters is 1. The summed E-state index contributed by atoms with van der Waals surface area (Å²) in [4.78, 5) is 41.0. The second kappa shape index (κ2) is 10.6. The Kier molecular flexibility index (Phi) is 8.18. The Balaban J connectivity index is 2.41. The van der Waals surface area contributed by atoms with Crippen molar-refractivity contribution in [3.05, 3.63) is 70.0 Å². The smallest absolute Gasteiger partial charge is 0.311 e. The zero-order valence-corrected chi connectivity index (χ0v) is 24.6. The van der Waals surface area contributed by atoms with Gasteiger partial charge in [0, 0.05) is 16.0 Å². The number of ketones is 2. The number of hydrogen-bond acceptors (Lipinski definition) is 5. The Hall–Kier alpha value is -3.12. The molecule has 0 aliphatic rings. The highest BCUT2D eigenvalue weighted by Crippen LogP contribution is 2.37. The van der Waals surface area contributed by atoms with Gasteiger partial charge in [-0.15, -0.1) is 0 Å². The van der Waals surface area contributed by atoms with Crippen LogP contribution >= 0.6 is 11.6 Å². The molecule has 0 fully saturated rings. The first kappa shape index (κ1) is 29.4. The van der Waals surface area contributed by atoms with Crippen LogP contribution in [0.2, 0.25) is 5.02 Å². The second-order valence-corrected chi connectivity index (χ2v) is 12.7. The van der Waals surface area contributed by atoms with Crippen molar-refractivity contribution in [2.75, 3.05) is 6.61 Å². The van der Waals surface area contributed by atoms with Crippen LogP contribution in [0.3, 0.4) is 0 Å². The van der Waals surface area contributed by atoms with Gasteiger partial charge in [0.1, 0.15) is 11.4 Å². The molecule has 6 nitrogen and oxygen atoms in total. The van der Waals surface area contributed by atoms with Crippen LogP contribution in [0.4, 0.5) is 0 Å². The van der Waals surface area contributed by atoms with Crippen molar-refractivity contribution in [3.8, 4) is 5.75 Å². The minimum Gasteiger partial charge on any atom is -0.487 e. The molecule has 3 aromatic rings. The Bertz CT molecular complexity index is 1370. The zero-order valence-electron chi connectivity index (χ0n) is 23.8. The highest BCUT2D eigenvalue weighted by Gasteiger charge is 2.38. The molecule has 0 aliphatic carbocycles. The van der Waals surface area contributed by atoms with Crippen LogP contribution in [-0.4, -0.2) is 34.1 Å². The van der Waals surface area contributed by atoms with Crippen LogP contribution < -0.4 is 4.74 Å². The Morgan fingerprint density at radius 3 is 2.03 bits per heavy atom. The number of hydrogen-bond donors (Lipinski definition) is 0. The number of halogens is 1. The molecule has 204 valence electrons. The van der Waals surface area contributed by atoms with Gasteiger partial charge in [-0.3, -0.25) is 14.4 Å². The molecule has 3 rings (SSSR count). The lowest BCUT2D eigenvalue weighted by atomic mass is 9.80. The third kappa shape index (κ3) is 6.29. The van der Waals surface area contributed by atoms with Gasteiger partial charge >= 0.3 is 5.97 Å². The number of Topliss-reactive ketones (excluding diaryl/α,β-unsaturated/α-hetero) is 1. The fourth-order valence-corrected chi connectivity index (χ4v) is 4.44. The first-order chi connectivity index (χ1) is 17.5. The molecule has 0 saturated heterocycles. The van der Waals surface area contributed by atoms with Crippen molar-refractivity contribution < 1.29 is 23.9 Å². The van der Waals surface area contributed by atoms with Gasteiger partial charge < -0.3 is 13.9 Å². The van der Waals surface area contributed by atoms with Crippen LogP contribution in [0, 0.1) is 10.8 Å². The second-order valence-electron chi connectivity index (χ2n) is 12.2.